The number of halogens is 2. The van der Waals surface area contributed by atoms with E-state index in [2.05, 4.69) is 26.6 Å². The van der Waals surface area contributed by atoms with Crippen molar-refractivity contribution in [1.29, 1.82) is 0 Å². The van der Waals surface area contributed by atoms with Gasteiger partial charge in [-0.15, -0.1) is 5.10 Å². The van der Waals surface area contributed by atoms with Crippen LogP contribution in [-0.4, -0.2) is 34.9 Å². The summed E-state index contributed by atoms with van der Waals surface area (Å²) in [6.45, 7) is 2.22. The SMILES string of the molecule is COc1ccccc1NC(=O)C1=C(C)Nc2nc(SCc3ccccc3Cl)nn2C1c1ccc(OCc2ccc(Br)cc2)c(OC)c1. The molecule has 1 unspecified atom stereocenters. The molecule has 12 heteroatoms. The van der Waals surface area contributed by atoms with Gasteiger partial charge in [-0.3, -0.25) is 4.79 Å². The minimum absolute atomic E-state index is 0.314. The van der Waals surface area contributed by atoms with Gasteiger partial charge in [0.2, 0.25) is 11.1 Å². The van der Waals surface area contributed by atoms with E-state index in [1.165, 1.54) is 11.8 Å². The second-order valence-electron chi connectivity index (χ2n) is 10.6. The van der Waals surface area contributed by atoms with Crippen molar-refractivity contribution in [2.45, 2.75) is 30.5 Å². The minimum Gasteiger partial charge on any atom is -0.495 e. The molecule has 0 fully saturated rings. The number of rotatable bonds is 11. The van der Waals surface area contributed by atoms with E-state index in [0.717, 1.165) is 21.2 Å². The molecule has 1 aromatic heterocycles. The number of ether oxygens (including phenoxy) is 3. The highest BCUT2D eigenvalue weighted by Gasteiger charge is 2.35. The third-order valence-electron chi connectivity index (χ3n) is 7.56. The Hall–Kier alpha value is -4.45. The second-order valence-corrected chi connectivity index (χ2v) is 12.9. The molecule has 2 heterocycles. The van der Waals surface area contributed by atoms with Gasteiger partial charge >= 0.3 is 0 Å². The summed E-state index contributed by atoms with van der Waals surface area (Å²) in [5.41, 5.74) is 4.40. The molecule has 6 rings (SSSR count). The molecule has 0 aliphatic carbocycles. The van der Waals surface area contributed by atoms with Gasteiger partial charge in [0.15, 0.2) is 11.5 Å². The Balaban J connectivity index is 1.35. The van der Waals surface area contributed by atoms with Crippen LogP contribution in [0.5, 0.6) is 17.2 Å². The van der Waals surface area contributed by atoms with E-state index in [4.69, 9.17) is 35.9 Å². The Kier molecular flexibility index (Phi) is 10.1. The fraction of sp³-hybridized carbons (Fsp3) is 0.171. The number of fused-ring (bicyclic) bond motifs is 1. The molecular formula is C35H31BrClN5O4S. The van der Waals surface area contributed by atoms with Crippen LogP contribution < -0.4 is 24.8 Å². The van der Waals surface area contributed by atoms with Crippen molar-refractivity contribution in [3.63, 3.8) is 0 Å². The summed E-state index contributed by atoms with van der Waals surface area (Å²) in [4.78, 5) is 18.9. The number of allylic oxidation sites excluding steroid dienone is 1. The molecule has 9 nitrogen and oxygen atoms in total. The smallest absolute Gasteiger partial charge is 0.255 e. The van der Waals surface area contributed by atoms with E-state index < -0.39 is 6.04 Å². The fourth-order valence-corrected chi connectivity index (χ4v) is 6.58. The third-order valence-corrected chi connectivity index (χ3v) is 9.34. The number of methoxy groups -OCH3 is 2. The topological polar surface area (TPSA) is 99.5 Å². The molecular weight excluding hydrogens is 702 g/mol. The second kappa shape index (κ2) is 14.5. The quantitative estimate of drug-likeness (QED) is 0.131. The van der Waals surface area contributed by atoms with Gasteiger partial charge in [0, 0.05) is 20.9 Å². The van der Waals surface area contributed by atoms with Crippen molar-refractivity contribution in [3.05, 3.63) is 128 Å². The molecule has 0 saturated heterocycles. The monoisotopic (exact) mass is 731 g/mol. The maximum Gasteiger partial charge on any atom is 0.255 e. The number of hydrogen-bond donors (Lipinski definition) is 2. The van der Waals surface area contributed by atoms with Crippen molar-refractivity contribution in [2.75, 3.05) is 24.9 Å². The molecule has 1 aliphatic rings. The Morgan fingerprint density at radius 1 is 0.979 bits per heavy atom. The van der Waals surface area contributed by atoms with E-state index in [1.807, 2.05) is 85.8 Å². The van der Waals surface area contributed by atoms with Crippen LogP contribution in [0.2, 0.25) is 5.02 Å². The number of hydrogen-bond acceptors (Lipinski definition) is 8. The number of amides is 1. The van der Waals surface area contributed by atoms with Crippen LogP contribution in [0.15, 0.2) is 112 Å². The molecule has 2 N–H and O–H groups in total. The molecule has 4 aromatic carbocycles. The standard InChI is InChI=1S/C35H31BrClN5O4S/c1-21-31(33(43)39-27-10-6-7-11-28(27)44-2)32(42-34(38-21)40-35(41-42)47-20-24-8-4-5-9-26(24)37)23-14-17-29(30(18-23)45-3)46-19-22-12-15-25(36)16-13-22/h4-18,32H,19-20H2,1-3H3,(H,39,43)(H,38,40,41). The predicted molar refractivity (Wildman–Crippen MR) is 189 cm³/mol. The summed E-state index contributed by atoms with van der Waals surface area (Å²) < 4.78 is 20.1. The number of nitrogens with one attached hydrogen (secondary N) is 2. The van der Waals surface area contributed by atoms with Crippen molar-refractivity contribution in [1.82, 2.24) is 14.8 Å². The number of carbonyl (C=O) groups is 1. The van der Waals surface area contributed by atoms with Crippen LogP contribution in [0.1, 0.15) is 29.7 Å². The first-order valence-corrected chi connectivity index (χ1v) is 16.8. The zero-order valence-electron chi connectivity index (χ0n) is 25.8. The number of nitrogens with zero attached hydrogens (tertiary/aromatic N) is 3. The van der Waals surface area contributed by atoms with Gasteiger partial charge in [-0.1, -0.05) is 87.8 Å². The van der Waals surface area contributed by atoms with Gasteiger partial charge in [0.05, 0.1) is 25.5 Å². The lowest BCUT2D eigenvalue weighted by Crippen LogP contribution is -2.31. The van der Waals surface area contributed by atoms with Gasteiger partial charge < -0.3 is 24.8 Å². The molecule has 0 bridgehead atoms. The molecule has 1 atom stereocenters. The Labute approximate surface area is 290 Å². The molecule has 5 aromatic rings. The van der Waals surface area contributed by atoms with E-state index in [9.17, 15) is 4.79 Å². The van der Waals surface area contributed by atoms with Crippen LogP contribution in [0.3, 0.4) is 0 Å². The fourth-order valence-electron chi connectivity index (χ4n) is 5.21. The molecule has 1 aliphatic heterocycles. The number of aromatic nitrogens is 3. The van der Waals surface area contributed by atoms with Crippen molar-refractivity contribution in [3.8, 4) is 17.2 Å². The first kappa shape index (κ1) is 32.5. The van der Waals surface area contributed by atoms with Crippen molar-refractivity contribution >= 4 is 56.8 Å². The van der Waals surface area contributed by atoms with Crippen LogP contribution in [-0.2, 0) is 17.2 Å². The number of carbonyl (C=O) groups excluding carboxylic acids is 1. The Morgan fingerprint density at radius 3 is 2.49 bits per heavy atom. The molecule has 1 amide bonds. The Bertz CT molecular complexity index is 1950. The third kappa shape index (κ3) is 7.27. The van der Waals surface area contributed by atoms with Crippen molar-refractivity contribution in [2.24, 2.45) is 0 Å². The van der Waals surface area contributed by atoms with E-state index in [-0.39, 0.29) is 5.91 Å². The van der Waals surface area contributed by atoms with Crippen LogP contribution in [0.25, 0.3) is 0 Å². The van der Waals surface area contributed by atoms with Gasteiger partial charge in [0.1, 0.15) is 18.4 Å². The lowest BCUT2D eigenvalue weighted by Gasteiger charge is -2.29. The molecule has 0 spiro atoms. The normalized spacial score (nSPS) is 13.9. The average Bonchev–Trinajstić information content (AvgIpc) is 3.49. The first-order chi connectivity index (χ1) is 22.8. The van der Waals surface area contributed by atoms with Gasteiger partial charge in [-0.2, -0.15) is 4.98 Å². The average molecular weight is 733 g/mol. The lowest BCUT2D eigenvalue weighted by atomic mass is 9.94. The lowest BCUT2D eigenvalue weighted by molar-refractivity contribution is -0.113. The Morgan fingerprint density at radius 2 is 1.72 bits per heavy atom. The highest BCUT2D eigenvalue weighted by Crippen LogP contribution is 2.41. The summed E-state index contributed by atoms with van der Waals surface area (Å²) in [5, 5.41) is 12.4. The summed E-state index contributed by atoms with van der Waals surface area (Å²) in [6, 6.07) is 27.9. The van der Waals surface area contributed by atoms with E-state index in [0.29, 0.717) is 62.7 Å². The number of benzene rings is 4. The van der Waals surface area contributed by atoms with Gasteiger partial charge in [0.25, 0.3) is 5.91 Å². The van der Waals surface area contributed by atoms with E-state index in [1.54, 1.807) is 31.0 Å². The zero-order chi connectivity index (χ0) is 32.9. The summed E-state index contributed by atoms with van der Waals surface area (Å²) >= 11 is 11.3. The molecule has 0 saturated carbocycles. The molecule has 0 radical (unpaired) electrons. The van der Waals surface area contributed by atoms with Crippen molar-refractivity contribution < 1.29 is 19.0 Å². The summed E-state index contributed by atoms with van der Waals surface area (Å²) in [5.74, 6) is 2.43. The van der Waals surface area contributed by atoms with Crippen LogP contribution in [0, 0.1) is 0 Å². The molecule has 240 valence electrons. The van der Waals surface area contributed by atoms with E-state index >= 15 is 0 Å². The van der Waals surface area contributed by atoms with Crippen LogP contribution in [0.4, 0.5) is 11.6 Å². The summed E-state index contributed by atoms with van der Waals surface area (Å²) in [6.07, 6.45) is 0. The van der Waals surface area contributed by atoms with Gasteiger partial charge in [-0.05, 0) is 66.1 Å². The first-order valence-electron chi connectivity index (χ1n) is 14.6. The summed E-state index contributed by atoms with van der Waals surface area (Å²) in [7, 11) is 3.16. The maximum absolute atomic E-state index is 14.1. The zero-order valence-corrected chi connectivity index (χ0v) is 28.9. The largest absolute Gasteiger partial charge is 0.495 e. The molecule has 47 heavy (non-hydrogen) atoms. The number of anilines is 2. The van der Waals surface area contributed by atoms with Gasteiger partial charge in [-0.25, -0.2) is 4.68 Å². The highest BCUT2D eigenvalue weighted by atomic mass is 79.9. The number of para-hydroxylation sites is 2. The predicted octanol–water partition coefficient (Wildman–Crippen LogP) is 8.51. The minimum atomic E-state index is -0.641. The highest BCUT2D eigenvalue weighted by molar-refractivity contribution is 9.10. The van der Waals surface area contributed by atoms with Crippen LogP contribution >= 0.6 is 39.3 Å². The maximum atomic E-state index is 14.1. The number of thioether (sulfide) groups is 1.